The standard InChI is InChI=1S/C19H30N4O3/c1-4-20-19(21-11-7-13-23-12-6-8-18(23)24)22-15-9-10-16(26-5-2)17(14-15)25-3/h9-10,14H,4-8,11-13H2,1-3H3,(H2,20,21,22). The normalized spacial score (nSPS) is 14.5. The molecule has 1 saturated heterocycles. The minimum atomic E-state index is 0.264. The zero-order valence-corrected chi connectivity index (χ0v) is 16.0. The van der Waals surface area contributed by atoms with E-state index in [9.17, 15) is 4.79 Å². The molecule has 1 aliphatic rings. The average Bonchev–Trinajstić information content (AvgIpc) is 3.05. The summed E-state index contributed by atoms with van der Waals surface area (Å²) in [5, 5.41) is 6.52. The van der Waals surface area contributed by atoms with Crippen LogP contribution in [0.3, 0.4) is 0 Å². The number of anilines is 1. The summed E-state index contributed by atoms with van der Waals surface area (Å²) in [7, 11) is 1.63. The SMILES string of the molecule is CCNC(=NCCCN1CCCC1=O)Nc1ccc(OCC)c(OC)c1. The highest BCUT2D eigenvalue weighted by Gasteiger charge is 2.18. The third kappa shape index (κ3) is 5.82. The smallest absolute Gasteiger partial charge is 0.222 e. The van der Waals surface area contributed by atoms with Crippen molar-refractivity contribution in [3.05, 3.63) is 18.2 Å². The van der Waals surface area contributed by atoms with Crippen LogP contribution in [-0.2, 0) is 4.79 Å². The van der Waals surface area contributed by atoms with Gasteiger partial charge in [-0.25, -0.2) is 0 Å². The van der Waals surface area contributed by atoms with E-state index in [2.05, 4.69) is 15.6 Å². The fourth-order valence-electron chi connectivity index (χ4n) is 2.86. The number of hydrogen-bond acceptors (Lipinski definition) is 4. The minimum Gasteiger partial charge on any atom is -0.493 e. The van der Waals surface area contributed by atoms with Crippen molar-refractivity contribution in [2.75, 3.05) is 45.2 Å². The van der Waals surface area contributed by atoms with E-state index < -0.39 is 0 Å². The maximum Gasteiger partial charge on any atom is 0.222 e. The van der Waals surface area contributed by atoms with Crippen LogP contribution in [0, 0.1) is 0 Å². The van der Waals surface area contributed by atoms with E-state index in [1.807, 2.05) is 36.9 Å². The Kier molecular flexibility index (Phi) is 8.05. The number of likely N-dealkylation sites (tertiary alicyclic amines) is 1. The van der Waals surface area contributed by atoms with Crippen molar-refractivity contribution in [3.8, 4) is 11.5 Å². The van der Waals surface area contributed by atoms with E-state index in [0.717, 1.165) is 43.9 Å². The van der Waals surface area contributed by atoms with Gasteiger partial charge in [0.15, 0.2) is 17.5 Å². The van der Waals surface area contributed by atoms with Gasteiger partial charge in [0.2, 0.25) is 5.91 Å². The van der Waals surface area contributed by atoms with Crippen LogP contribution in [-0.4, -0.2) is 56.7 Å². The van der Waals surface area contributed by atoms with E-state index in [0.29, 0.717) is 31.3 Å². The molecule has 2 N–H and O–H groups in total. The molecule has 2 rings (SSSR count). The Morgan fingerprint density at radius 3 is 2.81 bits per heavy atom. The lowest BCUT2D eigenvalue weighted by Gasteiger charge is -2.16. The van der Waals surface area contributed by atoms with Gasteiger partial charge >= 0.3 is 0 Å². The Morgan fingerprint density at radius 2 is 2.15 bits per heavy atom. The molecule has 0 atom stereocenters. The Bertz CT molecular complexity index is 619. The summed E-state index contributed by atoms with van der Waals surface area (Å²) in [6.45, 7) is 7.65. The lowest BCUT2D eigenvalue weighted by molar-refractivity contribution is -0.127. The number of benzene rings is 1. The van der Waals surface area contributed by atoms with E-state index in [1.54, 1.807) is 7.11 Å². The lowest BCUT2D eigenvalue weighted by atomic mass is 10.2. The van der Waals surface area contributed by atoms with Gasteiger partial charge in [-0.1, -0.05) is 0 Å². The molecule has 1 amide bonds. The van der Waals surface area contributed by atoms with Gasteiger partial charge in [0.05, 0.1) is 13.7 Å². The first-order chi connectivity index (χ1) is 12.7. The van der Waals surface area contributed by atoms with Crippen LogP contribution >= 0.6 is 0 Å². The maximum atomic E-state index is 11.6. The summed E-state index contributed by atoms with van der Waals surface area (Å²) in [5.41, 5.74) is 0.875. The number of ether oxygens (including phenoxy) is 2. The second-order valence-electron chi connectivity index (χ2n) is 6.02. The van der Waals surface area contributed by atoms with Crippen molar-refractivity contribution >= 4 is 17.6 Å². The van der Waals surface area contributed by atoms with Gasteiger partial charge in [0, 0.05) is 44.4 Å². The highest BCUT2D eigenvalue weighted by atomic mass is 16.5. The number of guanidine groups is 1. The summed E-state index contributed by atoms with van der Waals surface area (Å²) in [6, 6.07) is 5.71. The molecule has 0 bridgehead atoms. The highest BCUT2D eigenvalue weighted by molar-refractivity contribution is 5.93. The largest absolute Gasteiger partial charge is 0.493 e. The van der Waals surface area contributed by atoms with Crippen molar-refractivity contribution in [3.63, 3.8) is 0 Å². The zero-order valence-electron chi connectivity index (χ0n) is 16.0. The highest BCUT2D eigenvalue weighted by Crippen LogP contribution is 2.30. The van der Waals surface area contributed by atoms with Gasteiger partial charge in [-0.2, -0.15) is 0 Å². The predicted molar refractivity (Wildman–Crippen MR) is 104 cm³/mol. The van der Waals surface area contributed by atoms with E-state index in [-0.39, 0.29) is 5.91 Å². The van der Waals surface area contributed by atoms with Gasteiger partial charge < -0.3 is 25.0 Å². The number of methoxy groups -OCH3 is 1. The molecule has 0 radical (unpaired) electrons. The monoisotopic (exact) mass is 362 g/mol. The molecule has 0 spiro atoms. The Labute approximate surface area is 155 Å². The van der Waals surface area contributed by atoms with Crippen LogP contribution in [0.2, 0.25) is 0 Å². The quantitative estimate of drug-likeness (QED) is 0.401. The number of carbonyl (C=O) groups excluding carboxylic acids is 1. The summed E-state index contributed by atoms with van der Waals surface area (Å²) in [4.78, 5) is 18.1. The predicted octanol–water partition coefficient (Wildman–Crippen LogP) is 2.48. The Hall–Kier alpha value is -2.44. The summed E-state index contributed by atoms with van der Waals surface area (Å²) < 4.78 is 10.9. The van der Waals surface area contributed by atoms with Crippen molar-refractivity contribution in [1.29, 1.82) is 0 Å². The fourth-order valence-corrected chi connectivity index (χ4v) is 2.86. The zero-order chi connectivity index (χ0) is 18.8. The average molecular weight is 362 g/mol. The number of amides is 1. The molecule has 1 aromatic rings. The summed E-state index contributed by atoms with van der Waals surface area (Å²) in [6.07, 6.45) is 2.52. The number of nitrogens with one attached hydrogen (secondary N) is 2. The molecule has 0 unspecified atom stereocenters. The van der Waals surface area contributed by atoms with Crippen LogP contribution in [0.15, 0.2) is 23.2 Å². The molecule has 26 heavy (non-hydrogen) atoms. The summed E-state index contributed by atoms with van der Waals surface area (Å²) in [5.74, 6) is 2.38. The molecule has 7 nitrogen and oxygen atoms in total. The fraction of sp³-hybridized carbons (Fsp3) is 0.579. The van der Waals surface area contributed by atoms with Crippen LogP contribution in [0.25, 0.3) is 0 Å². The molecule has 144 valence electrons. The third-order valence-electron chi connectivity index (χ3n) is 4.10. The number of aliphatic imine (C=N–C) groups is 1. The Morgan fingerprint density at radius 1 is 1.31 bits per heavy atom. The van der Waals surface area contributed by atoms with Crippen LogP contribution in [0.5, 0.6) is 11.5 Å². The van der Waals surface area contributed by atoms with Crippen LogP contribution < -0.4 is 20.1 Å². The molecular formula is C19H30N4O3. The first-order valence-electron chi connectivity index (χ1n) is 9.31. The van der Waals surface area contributed by atoms with E-state index >= 15 is 0 Å². The molecular weight excluding hydrogens is 332 g/mol. The van der Waals surface area contributed by atoms with Gasteiger partial charge in [-0.3, -0.25) is 9.79 Å². The van der Waals surface area contributed by atoms with Crippen molar-refractivity contribution in [2.45, 2.75) is 33.1 Å². The van der Waals surface area contributed by atoms with Crippen LogP contribution in [0.4, 0.5) is 5.69 Å². The molecule has 1 aromatic carbocycles. The molecule has 7 heteroatoms. The lowest BCUT2D eigenvalue weighted by Crippen LogP contribution is -2.31. The molecule has 1 fully saturated rings. The molecule has 1 heterocycles. The van der Waals surface area contributed by atoms with Gasteiger partial charge in [-0.05, 0) is 38.8 Å². The van der Waals surface area contributed by atoms with E-state index in [1.165, 1.54) is 0 Å². The van der Waals surface area contributed by atoms with Crippen molar-refractivity contribution < 1.29 is 14.3 Å². The number of rotatable bonds is 9. The first-order valence-corrected chi connectivity index (χ1v) is 9.31. The molecule has 0 saturated carbocycles. The topological polar surface area (TPSA) is 75.2 Å². The van der Waals surface area contributed by atoms with Crippen LogP contribution in [0.1, 0.15) is 33.1 Å². The summed E-state index contributed by atoms with van der Waals surface area (Å²) >= 11 is 0. The molecule has 0 aromatic heterocycles. The van der Waals surface area contributed by atoms with Crippen molar-refractivity contribution in [2.24, 2.45) is 4.99 Å². The molecule has 1 aliphatic heterocycles. The first kappa shape index (κ1) is 19.9. The van der Waals surface area contributed by atoms with Gasteiger partial charge in [0.1, 0.15) is 0 Å². The third-order valence-corrected chi connectivity index (χ3v) is 4.10. The van der Waals surface area contributed by atoms with Gasteiger partial charge in [-0.15, -0.1) is 0 Å². The van der Waals surface area contributed by atoms with Crippen molar-refractivity contribution in [1.82, 2.24) is 10.2 Å². The number of carbonyl (C=O) groups is 1. The second kappa shape index (κ2) is 10.5. The Balaban J connectivity index is 1.92. The number of hydrogen-bond donors (Lipinski definition) is 2. The second-order valence-corrected chi connectivity index (χ2v) is 6.02. The molecule has 0 aliphatic carbocycles. The van der Waals surface area contributed by atoms with E-state index in [4.69, 9.17) is 9.47 Å². The minimum absolute atomic E-state index is 0.264. The number of nitrogens with zero attached hydrogens (tertiary/aromatic N) is 2. The van der Waals surface area contributed by atoms with Gasteiger partial charge in [0.25, 0.3) is 0 Å². The maximum absolute atomic E-state index is 11.6.